The second-order valence-corrected chi connectivity index (χ2v) is 5.22. The molecular formula is C15H8Cl2N2O3. The quantitative estimate of drug-likeness (QED) is 0.486. The summed E-state index contributed by atoms with van der Waals surface area (Å²) in [6.07, 6.45) is 0. The minimum absolute atomic E-state index is 0.00157. The highest BCUT2D eigenvalue weighted by molar-refractivity contribution is 6.30. The molecular weight excluding hydrogens is 327 g/mol. The first-order chi connectivity index (χ1) is 10.5. The van der Waals surface area contributed by atoms with Gasteiger partial charge in [-0.25, -0.2) is 0 Å². The number of rotatable bonds is 3. The fraction of sp³-hybridized carbons (Fsp3) is 0. The number of non-ortho nitro benzene ring substituents is 1. The Kier molecular flexibility index (Phi) is 3.83. The number of nitro benzene ring substituents is 1. The molecule has 0 bridgehead atoms. The van der Waals surface area contributed by atoms with Gasteiger partial charge in [0.05, 0.1) is 4.92 Å². The minimum atomic E-state index is -0.461. The summed E-state index contributed by atoms with van der Waals surface area (Å²) < 4.78 is 5.44. The van der Waals surface area contributed by atoms with E-state index < -0.39 is 4.92 Å². The fourth-order valence-electron chi connectivity index (χ4n) is 2.03. The molecule has 0 unspecified atom stereocenters. The van der Waals surface area contributed by atoms with Gasteiger partial charge in [-0.3, -0.25) is 10.1 Å². The molecule has 7 heteroatoms. The van der Waals surface area contributed by atoms with Crippen molar-refractivity contribution in [3.63, 3.8) is 0 Å². The normalized spacial score (nSPS) is 10.6. The number of hydrogen-bond acceptors (Lipinski definition) is 4. The van der Waals surface area contributed by atoms with Gasteiger partial charge < -0.3 is 4.42 Å². The molecule has 2 aromatic carbocycles. The standard InChI is InChI=1S/C15H8Cl2N2O3/c16-11-5-1-9(2-6-11)13-14(22-15(17)18-13)10-3-7-12(8-4-10)19(20)21/h1-8H. The van der Waals surface area contributed by atoms with E-state index in [1.807, 2.05) is 0 Å². The molecule has 0 N–H and O–H groups in total. The molecule has 110 valence electrons. The zero-order valence-corrected chi connectivity index (χ0v) is 12.5. The molecule has 0 radical (unpaired) electrons. The van der Waals surface area contributed by atoms with Gasteiger partial charge in [-0.2, -0.15) is 4.98 Å². The maximum Gasteiger partial charge on any atom is 0.293 e. The summed E-state index contributed by atoms with van der Waals surface area (Å²) in [5, 5.41) is 11.3. The second kappa shape index (κ2) is 5.79. The van der Waals surface area contributed by atoms with E-state index in [4.69, 9.17) is 27.6 Å². The van der Waals surface area contributed by atoms with Crippen LogP contribution in [0, 0.1) is 10.1 Å². The van der Waals surface area contributed by atoms with Gasteiger partial charge in [0.1, 0.15) is 5.69 Å². The van der Waals surface area contributed by atoms with Gasteiger partial charge in [0.2, 0.25) is 0 Å². The van der Waals surface area contributed by atoms with Gasteiger partial charge in [-0.1, -0.05) is 23.7 Å². The average molecular weight is 335 g/mol. The van der Waals surface area contributed by atoms with Gasteiger partial charge in [0.15, 0.2) is 5.76 Å². The van der Waals surface area contributed by atoms with Crippen molar-refractivity contribution in [3.05, 3.63) is 69.0 Å². The first-order valence-corrected chi connectivity index (χ1v) is 6.97. The van der Waals surface area contributed by atoms with E-state index in [-0.39, 0.29) is 11.0 Å². The number of nitrogens with zero attached hydrogens (tertiary/aromatic N) is 2. The van der Waals surface area contributed by atoms with Crippen LogP contribution in [0.2, 0.25) is 10.4 Å². The zero-order valence-electron chi connectivity index (χ0n) is 11.0. The molecule has 5 nitrogen and oxygen atoms in total. The van der Waals surface area contributed by atoms with Crippen LogP contribution in [0.1, 0.15) is 0 Å². The largest absolute Gasteiger partial charge is 0.427 e. The zero-order chi connectivity index (χ0) is 15.7. The van der Waals surface area contributed by atoms with Crippen LogP contribution in [-0.4, -0.2) is 9.91 Å². The van der Waals surface area contributed by atoms with E-state index in [0.29, 0.717) is 22.0 Å². The summed E-state index contributed by atoms with van der Waals surface area (Å²) in [6, 6.07) is 13.0. The van der Waals surface area contributed by atoms with Crippen LogP contribution >= 0.6 is 23.2 Å². The number of aromatic nitrogens is 1. The molecule has 0 saturated carbocycles. The Morgan fingerprint density at radius 1 is 0.955 bits per heavy atom. The van der Waals surface area contributed by atoms with Crippen molar-refractivity contribution < 1.29 is 9.34 Å². The Balaban J connectivity index is 2.07. The lowest BCUT2D eigenvalue weighted by atomic mass is 10.1. The lowest BCUT2D eigenvalue weighted by Crippen LogP contribution is -1.87. The van der Waals surface area contributed by atoms with Crippen molar-refractivity contribution in [1.82, 2.24) is 4.98 Å². The van der Waals surface area contributed by atoms with Crippen molar-refractivity contribution in [3.8, 4) is 22.6 Å². The van der Waals surface area contributed by atoms with E-state index in [0.717, 1.165) is 5.56 Å². The molecule has 0 aliphatic rings. The lowest BCUT2D eigenvalue weighted by Gasteiger charge is -2.02. The topological polar surface area (TPSA) is 69.2 Å². The molecule has 0 saturated heterocycles. The highest BCUT2D eigenvalue weighted by Gasteiger charge is 2.17. The SMILES string of the molecule is O=[N+]([O-])c1ccc(-c2oc(Cl)nc2-c2ccc(Cl)cc2)cc1. The molecule has 0 atom stereocenters. The third-order valence-corrected chi connectivity index (χ3v) is 3.47. The Labute approximate surface area is 135 Å². The van der Waals surface area contributed by atoms with Gasteiger partial charge in [0, 0.05) is 28.3 Å². The maximum absolute atomic E-state index is 10.7. The van der Waals surface area contributed by atoms with Crippen LogP contribution in [-0.2, 0) is 0 Å². The molecule has 0 aliphatic carbocycles. The Morgan fingerprint density at radius 3 is 2.14 bits per heavy atom. The number of nitro groups is 1. The predicted molar refractivity (Wildman–Crippen MR) is 84.0 cm³/mol. The molecule has 0 amide bonds. The average Bonchev–Trinajstić information content (AvgIpc) is 2.90. The van der Waals surface area contributed by atoms with Crippen LogP contribution < -0.4 is 0 Å². The van der Waals surface area contributed by atoms with Crippen molar-refractivity contribution in [1.29, 1.82) is 0 Å². The van der Waals surface area contributed by atoms with E-state index in [1.165, 1.54) is 12.1 Å². The first-order valence-electron chi connectivity index (χ1n) is 6.21. The van der Waals surface area contributed by atoms with Crippen molar-refractivity contribution in [2.45, 2.75) is 0 Å². The summed E-state index contributed by atoms with van der Waals surface area (Å²) in [5.41, 5.74) is 1.99. The molecule has 3 aromatic rings. The summed E-state index contributed by atoms with van der Waals surface area (Å²) >= 11 is 11.7. The predicted octanol–water partition coefficient (Wildman–Crippen LogP) is 5.22. The summed E-state index contributed by atoms with van der Waals surface area (Å²) in [6.45, 7) is 0. The Hall–Kier alpha value is -2.37. The molecule has 3 rings (SSSR count). The molecule has 0 spiro atoms. The third kappa shape index (κ3) is 2.81. The van der Waals surface area contributed by atoms with Crippen molar-refractivity contribution >= 4 is 28.9 Å². The van der Waals surface area contributed by atoms with E-state index >= 15 is 0 Å². The third-order valence-electron chi connectivity index (χ3n) is 3.06. The smallest absolute Gasteiger partial charge is 0.293 e. The van der Waals surface area contributed by atoms with E-state index in [1.54, 1.807) is 36.4 Å². The lowest BCUT2D eigenvalue weighted by molar-refractivity contribution is -0.384. The number of oxazole rings is 1. The monoisotopic (exact) mass is 334 g/mol. The number of halogens is 2. The molecule has 1 aromatic heterocycles. The van der Waals surface area contributed by atoms with Gasteiger partial charge in [-0.15, -0.1) is 0 Å². The second-order valence-electron chi connectivity index (χ2n) is 4.46. The van der Waals surface area contributed by atoms with Crippen LogP contribution in [0.4, 0.5) is 5.69 Å². The highest BCUT2D eigenvalue weighted by Crippen LogP contribution is 2.35. The minimum Gasteiger partial charge on any atom is -0.427 e. The Bertz CT molecular complexity index is 827. The summed E-state index contributed by atoms with van der Waals surface area (Å²) in [5.74, 6) is 0.447. The number of benzene rings is 2. The van der Waals surface area contributed by atoms with E-state index in [2.05, 4.69) is 4.98 Å². The Morgan fingerprint density at radius 2 is 1.55 bits per heavy atom. The van der Waals surface area contributed by atoms with Gasteiger partial charge >= 0.3 is 0 Å². The first kappa shape index (κ1) is 14.6. The van der Waals surface area contributed by atoms with Crippen LogP contribution in [0.3, 0.4) is 0 Å². The highest BCUT2D eigenvalue weighted by atomic mass is 35.5. The van der Waals surface area contributed by atoms with Crippen molar-refractivity contribution in [2.24, 2.45) is 0 Å². The van der Waals surface area contributed by atoms with Crippen molar-refractivity contribution in [2.75, 3.05) is 0 Å². The molecule has 1 heterocycles. The number of hydrogen-bond donors (Lipinski definition) is 0. The molecule has 22 heavy (non-hydrogen) atoms. The van der Waals surface area contributed by atoms with Crippen LogP contribution in [0.25, 0.3) is 22.6 Å². The summed E-state index contributed by atoms with van der Waals surface area (Å²) in [4.78, 5) is 14.4. The van der Waals surface area contributed by atoms with Gasteiger partial charge in [0.25, 0.3) is 11.0 Å². The molecule has 0 aliphatic heterocycles. The van der Waals surface area contributed by atoms with Crippen LogP contribution in [0.15, 0.2) is 52.9 Å². The van der Waals surface area contributed by atoms with Crippen LogP contribution in [0.5, 0.6) is 0 Å². The maximum atomic E-state index is 10.7. The fourth-order valence-corrected chi connectivity index (χ4v) is 2.32. The van der Waals surface area contributed by atoms with E-state index in [9.17, 15) is 10.1 Å². The summed E-state index contributed by atoms with van der Waals surface area (Å²) in [7, 11) is 0. The van der Waals surface area contributed by atoms with Gasteiger partial charge in [-0.05, 0) is 35.9 Å². The molecule has 0 fully saturated rings.